The molecule has 2 aromatic heterocycles. The standard InChI is InChI=1S/C28H27F3N6O2/c1-2-23-21(8-5-18-6-10-25(32)33-15-18)26(35-17-34-23)19-7-9-22(24(14-19)39-28(29,30)31)27(38)37-13-12-36-11-3-4-20(36)16-37/h6-7,9-10,14-15,17,20H,2-4,11-13,16H2,1H3,(H2,32,33)/t20-/m0/s1. The van der Waals surface area contributed by atoms with Crippen LogP contribution >= 0.6 is 0 Å². The number of rotatable bonds is 4. The fourth-order valence-electron chi connectivity index (χ4n) is 5.06. The van der Waals surface area contributed by atoms with Crippen molar-refractivity contribution in [1.82, 2.24) is 24.8 Å². The van der Waals surface area contributed by atoms with Gasteiger partial charge in [-0.25, -0.2) is 15.0 Å². The number of ether oxygens (including phenoxy) is 1. The molecule has 39 heavy (non-hydrogen) atoms. The van der Waals surface area contributed by atoms with Crippen molar-refractivity contribution in [3.05, 3.63) is 65.2 Å². The summed E-state index contributed by atoms with van der Waals surface area (Å²) in [6.45, 7) is 4.52. The SMILES string of the molecule is CCc1ncnc(-c2ccc(C(=O)N3CCN4CCC[C@H]4C3)c(OC(F)(F)F)c2)c1C#Cc1ccc(N)nc1. The van der Waals surface area contributed by atoms with E-state index in [0.717, 1.165) is 19.4 Å². The molecule has 3 aromatic rings. The molecule has 1 aromatic carbocycles. The highest BCUT2D eigenvalue weighted by atomic mass is 19.4. The first-order valence-corrected chi connectivity index (χ1v) is 12.7. The molecule has 0 aliphatic carbocycles. The number of halogens is 3. The van der Waals surface area contributed by atoms with Crippen molar-refractivity contribution >= 4 is 11.7 Å². The van der Waals surface area contributed by atoms with E-state index in [-0.39, 0.29) is 11.6 Å². The zero-order valence-corrected chi connectivity index (χ0v) is 21.3. The van der Waals surface area contributed by atoms with E-state index in [0.29, 0.717) is 60.0 Å². The predicted octanol–water partition coefficient (Wildman–Crippen LogP) is 3.90. The number of aromatic nitrogens is 3. The Morgan fingerprint density at radius 3 is 2.72 bits per heavy atom. The number of carbonyl (C=O) groups excluding carboxylic acids is 1. The number of hydrogen-bond acceptors (Lipinski definition) is 7. The molecule has 0 saturated carbocycles. The Morgan fingerprint density at radius 2 is 1.97 bits per heavy atom. The van der Waals surface area contributed by atoms with E-state index < -0.39 is 18.0 Å². The van der Waals surface area contributed by atoms with Gasteiger partial charge >= 0.3 is 6.36 Å². The number of amides is 1. The molecule has 0 radical (unpaired) electrons. The van der Waals surface area contributed by atoms with Gasteiger partial charge in [-0.05, 0) is 50.1 Å². The van der Waals surface area contributed by atoms with Crippen LogP contribution in [0.5, 0.6) is 5.75 Å². The lowest BCUT2D eigenvalue weighted by Gasteiger charge is -2.37. The summed E-state index contributed by atoms with van der Waals surface area (Å²) in [6.07, 6.45) is 0.436. The summed E-state index contributed by atoms with van der Waals surface area (Å²) in [6, 6.07) is 7.71. The number of benzene rings is 1. The van der Waals surface area contributed by atoms with E-state index in [9.17, 15) is 18.0 Å². The highest BCUT2D eigenvalue weighted by Crippen LogP contribution is 2.34. The number of alkyl halides is 3. The second-order valence-electron chi connectivity index (χ2n) is 9.46. The Kier molecular flexibility index (Phi) is 7.39. The Labute approximate surface area is 224 Å². The molecule has 2 aliphatic rings. The maximum Gasteiger partial charge on any atom is 0.573 e. The summed E-state index contributed by atoms with van der Waals surface area (Å²) < 4.78 is 44.7. The summed E-state index contributed by atoms with van der Waals surface area (Å²) in [7, 11) is 0. The number of fused-ring (bicyclic) bond motifs is 1. The monoisotopic (exact) mass is 536 g/mol. The van der Waals surface area contributed by atoms with Crippen LogP contribution in [-0.2, 0) is 6.42 Å². The third-order valence-corrected chi connectivity index (χ3v) is 6.96. The van der Waals surface area contributed by atoms with Crippen molar-refractivity contribution in [2.45, 2.75) is 38.6 Å². The summed E-state index contributed by atoms with van der Waals surface area (Å²) in [5.74, 6) is 5.34. The van der Waals surface area contributed by atoms with Crippen LogP contribution in [0.25, 0.3) is 11.3 Å². The van der Waals surface area contributed by atoms with E-state index in [1.54, 1.807) is 23.1 Å². The predicted molar refractivity (Wildman–Crippen MR) is 139 cm³/mol. The smallest absolute Gasteiger partial charge is 0.405 e. The van der Waals surface area contributed by atoms with Crippen molar-refractivity contribution in [3.63, 3.8) is 0 Å². The Balaban J connectivity index is 1.53. The minimum Gasteiger partial charge on any atom is -0.405 e. The largest absolute Gasteiger partial charge is 0.573 e. The number of piperazine rings is 1. The summed E-state index contributed by atoms with van der Waals surface area (Å²) in [5.41, 5.74) is 7.85. The van der Waals surface area contributed by atoms with Crippen LogP contribution in [-0.4, -0.2) is 69.2 Å². The molecule has 11 heteroatoms. The van der Waals surface area contributed by atoms with E-state index in [4.69, 9.17) is 5.73 Å². The van der Waals surface area contributed by atoms with Crippen LogP contribution in [0.1, 0.15) is 46.9 Å². The fourth-order valence-corrected chi connectivity index (χ4v) is 5.06. The maximum atomic E-state index is 13.5. The molecule has 8 nitrogen and oxygen atoms in total. The molecule has 0 unspecified atom stereocenters. The van der Waals surface area contributed by atoms with Crippen molar-refractivity contribution in [2.24, 2.45) is 0 Å². The molecular weight excluding hydrogens is 509 g/mol. The molecule has 2 fully saturated rings. The molecule has 2 aliphatic heterocycles. The number of carbonyl (C=O) groups is 1. The van der Waals surface area contributed by atoms with Gasteiger partial charge in [-0.15, -0.1) is 13.2 Å². The van der Waals surface area contributed by atoms with Gasteiger partial charge in [0.1, 0.15) is 17.9 Å². The van der Waals surface area contributed by atoms with Crippen LogP contribution in [0.3, 0.4) is 0 Å². The number of nitrogen functional groups attached to an aromatic ring is 1. The number of pyridine rings is 1. The van der Waals surface area contributed by atoms with Gasteiger partial charge < -0.3 is 15.4 Å². The lowest BCUT2D eigenvalue weighted by molar-refractivity contribution is -0.274. The average molecular weight is 537 g/mol. The Bertz CT molecular complexity index is 1430. The van der Waals surface area contributed by atoms with E-state index >= 15 is 0 Å². The molecule has 1 amide bonds. The van der Waals surface area contributed by atoms with Crippen LogP contribution in [0.2, 0.25) is 0 Å². The van der Waals surface area contributed by atoms with Gasteiger partial charge in [0.05, 0.1) is 22.5 Å². The molecule has 1 atom stereocenters. The number of aryl methyl sites for hydroxylation is 1. The number of hydrogen-bond donors (Lipinski definition) is 1. The molecule has 202 valence electrons. The van der Waals surface area contributed by atoms with Crippen molar-refractivity contribution in [1.29, 1.82) is 0 Å². The Hall–Kier alpha value is -4.17. The van der Waals surface area contributed by atoms with Gasteiger partial charge in [-0.2, -0.15) is 0 Å². The first-order valence-electron chi connectivity index (χ1n) is 12.7. The van der Waals surface area contributed by atoms with E-state index in [1.165, 1.54) is 24.7 Å². The first-order chi connectivity index (χ1) is 18.7. The van der Waals surface area contributed by atoms with Gasteiger partial charge in [-0.1, -0.05) is 24.8 Å². The van der Waals surface area contributed by atoms with Gasteiger partial charge in [0.15, 0.2) is 0 Å². The average Bonchev–Trinajstić information content (AvgIpc) is 3.39. The second kappa shape index (κ2) is 10.9. The summed E-state index contributed by atoms with van der Waals surface area (Å²) >= 11 is 0. The Morgan fingerprint density at radius 1 is 1.13 bits per heavy atom. The van der Waals surface area contributed by atoms with Gasteiger partial charge in [0.2, 0.25) is 0 Å². The summed E-state index contributed by atoms with van der Waals surface area (Å²) in [5, 5.41) is 0. The zero-order chi connectivity index (χ0) is 27.6. The lowest BCUT2D eigenvalue weighted by atomic mass is 10.0. The lowest BCUT2D eigenvalue weighted by Crippen LogP contribution is -2.52. The highest BCUT2D eigenvalue weighted by Gasteiger charge is 2.36. The molecule has 4 heterocycles. The van der Waals surface area contributed by atoms with Gasteiger partial charge in [0, 0.05) is 43.0 Å². The minimum atomic E-state index is -4.98. The fraction of sp³-hybridized carbons (Fsp3) is 0.357. The highest BCUT2D eigenvalue weighted by molar-refractivity contribution is 5.98. The first kappa shape index (κ1) is 26.4. The van der Waals surface area contributed by atoms with Crippen molar-refractivity contribution in [3.8, 4) is 28.8 Å². The maximum absolute atomic E-state index is 13.5. The molecule has 5 rings (SSSR count). The molecular formula is C28H27F3N6O2. The van der Waals surface area contributed by atoms with E-state index in [2.05, 4.69) is 36.4 Å². The molecule has 0 bridgehead atoms. The number of anilines is 1. The summed E-state index contributed by atoms with van der Waals surface area (Å²) in [4.78, 5) is 30.0. The minimum absolute atomic E-state index is 0.145. The van der Waals surface area contributed by atoms with Crippen molar-refractivity contribution in [2.75, 3.05) is 31.9 Å². The van der Waals surface area contributed by atoms with Gasteiger partial charge in [-0.3, -0.25) is 9.69 Å². The second-order valence-corrected chi connectivity index (χ2v) is 9.46. The van der Waals surface area contributed by atoms with Crippen LogP contribution < -0.4 is 10.5 Å². The van der Waals surface area contributed by atoms with Crippen LogP contribution in [0.4, 0.5) is 19.0 Å². The third kappa shape index (κ3) is 5.96. The number of nitrogens with two attached hydrogens (primary N) is 1. The van der Waals surface area contributed by atoms with Crippen LogP contribution in [0, 0.1) is 11.8 Å². The number of nitrogens with zero attached hydrogens (tertiary/aromatic N) is 5. The van der Waals surface area contributed by atoms with Crippen molar-refractivity contribution < 1.29 is 22.7 Å². The zero-order valence-electron chi connectivity index (χ0n) is 21.3. The van der Waals surface area contributed by atoms with Crippen LogP contribution in [0.15, 0.2) is 42.9 Å². The normalized spacial score (nSPS) is 17.3. The third-order valence-electron chi connectivity index (χ3n) is 6.96. The quantitative estimate of drug-likeness (QED) is 0.505. The van der Waals surface area contributed by atoms with E-state index in [1.807, 2.05) is 6.92 Å². The molecule has 2 saturated heterocycles. The van der Waals surface area contributed by atoms with Gasteiger partial charge in [0.25, 0.3) is 5.91 Å². The molecule has 2 N–H and O–H groups in total. The molecule has 0 spiro atoms. The topological polar surface area (TPSA) is 97.5 Å².